The predicted molar refractivity (Wildman–Crippen MR) is 81.7 cm³/mol. The number of aromatic carboxylic acids is 1. The average molecular weight is 283 g/mol. The Morgan fingerprint density at radius 2 is 2.00 bits per heavy atom. The normalized spacial score (nSPS) is 16.7. The number of methoxy groups -OCH3 is 1. The summed E-state index contributed by atoms with van der Waals surface area (Å²) in [6, 6.07) is 13.4. The van der Waals surface area contributed by atoms with Crippen molar-refractivity contribution < 1.29 is 14.6 Å². The summed E-state index contributed by atoms with van der Waals surface area (Å²) in [5, 5.41) is 9.46. The topological polar surface area (TPSA) is 49.8 Å². The molecule has 2 aromatic carbocycles. The number of hydrogen-bond donors (Lipinski definition) is 1. The Kier molecular flexibility index (Phi) is 3.29. The molecular formula is C17H17NO3. The van der Waals surface area contributed by atoms with Gasteiger partial charge in [0.1, 0.15) is 5.75 Å². The van der Waals surface area contributed by atoms with Crippen LogP contribution in [-0.2, 0) is 6.42 Å². The smallest absolute Gasteiger partial charge is 0.337 e. The third kappa shape index (κ3) is 2.23. The molecule has 0 bridgehead atoms. The van der Waals surface area contributed by atoms with E-state index in [0.717, 1.165) is 12.1 Å². The average Bonchev–Trinajstić information content (AvgIpc) is 2.82. The summed E-state index contributed by atoms with van der Waals surface area (Å²) in [4.78, 5) is 13.6. The molecule has 1 atom stereocenters. The van der Waals surface area contributed by atoms with Gasteiger partial charge in [0.2, 0.25) is 0 Å². The van der Waals surface area contributed by atoms with Crippen molar-refractivity contribution in [3.63, 3.8) is 0 Å². The molecule has 1 N–H and O–H groups in total. The summed E-state index contributed by atoms with van der Waals surface area (Å²) in [5.74, 6) is -0.268. The Hall–Kier alpha value is -2.49. The van der Waals surface area contributed by atoms with E-state index in [-0.39, 0.29) is 6.04 Å². The summed E-state index contributed by atoms with van der Waals surface area (Å²) in [7, 11) is 1.58. The SMILES string of the molecule is COc1ccc(C(=O)O)c(N2c3ccccc3CC2C)c1. The molecule has 0 saturated heterocycles. The number of rotatable bonds is 3. The van der Waals surface area contributed by atoms with Gasteiger partial charge in [-0.25, -0.2) is 4.79 Å². The van der Waals surface area contributed by atoms with E-state index in [2.05, 4.69) is 17.9 Å². The lowest BCUT2D eigenvalue weighted by Gasteiger charge is -2.27. The third-order valence-corrected chi connectivity index (χ3v) is 3.90. The molecule has 0 aromatic heterocycles. The molecular weight excluding hydrogens is 266 g/mol. The van der Waals surface area contributed by atoms with Crippen LogP contribution >= 0.6 is 0 Å². The number of carboxylic acids is 1. The van der Waals surface area contributed by atoms with Crippen LogP contribution in [0.5, 0.6) is 5.75 Å². The Bertz CT molecular complexity index is 696. The number of nitrogens with zero attached hydrogens (tertiary/aromatic N) is 1. The quantitative estimate of drug-likeness (QED) is 0.937. The third-order valence-electron chi connectivity index (χ3n) is 3.90. The van der Waals surface area contributed by atoms with Crippen molar-refractivity contribution in [1.82, 2.24) is 0 Å². The molecule has 0 fully saturated rings. The maximum absolute atomic E-state index is 11.5. The minimum atomic E-state index is -0.927. The number of hydrogen-bond acceptors (Lipinski definition) is 3. The number of para-hydroxylation sites is 1. The maximum Gasteiger partial charge on any atom is 0.337 e. The van der Waals surface area contributed by atoms with Gasteiger partial charge in [0.05, 0.1) is 18.4 Å². The monoisotopic (exact) mass is 283 g/mol. The van der Waals surface area contributed by atoms with Gasteiger partial charge in [-0.15, -0.1) is 0 Å². The lowest BCUT2D eigenvalue weighted by atomic mass is 10.1. The number of benzene rings is 2. The number of carbonyl (C=O) groups is 1. The first kappa shape index (κ1) is 13.5. The highest BCUT2D eigenvalue weighted by molar-refractivity contribution is 5.96. The molecule has 21 heavy (non-hydrogen) atoms. The van der Waals surface area contributed by atoms with Crippen molar-refractivity contribution in [2.24, 2.45) is 0 Å². The van der Waals surface area contributed by atoms with Crippen molar-refractivity contribution in [3.8, 4) is 5.75 Å². The van der Waals surface area contributed by atoms with Gasteiger partial charge in [0, 0.05) is 17.8 Å². The highest BCUT2D eigenvalue weighted by atomic mass is 16.5. The van der Waals surface area contributed by atoms with E-state index in [0.29, 0.717) is 17.0 Å². The minimum Gasteiger partial charge on any atom is -0.497 e. The molecule has 0 aliphatic carbocycles. The van der Waals surface area contributed by atoms with Gasteiger partial charge in [-0.3, -0.25) is 0 Å². The summed E-state index contributed by atoms with van der Waals surface area (Å²) in [6.45, 7) is 2.10. The summed E-state index contributed by atoms with van der Waals surface area (Å²) >= 11 is 0. The first-order valence-electron chi connectivity index (χ1n) is 6.90. The predicted octanol–water partition coefficient (Wildman–Crippen LogP) is 3.48. The standard InChI is InChI=1S/C17H17NO3/c1-11-9-12-5-3-4-6-15(12)18(11)16-10-13(21-2)7-8-14(16)17(19)20/h3-8,10-11H,9H2,1-2H3,(H,19,20). The van der Waals surface area contributed by atoms with Gasteiger partial charge in [-0.05, 0) is 37.1 Å². The first-order valence-corrected chi connectivity index (χ1v) is 6.90. The zero-order chi connectivity index (χ0) is 15.0. The summed E-state index contributed by atoms with van der Waals surface area (Å²) < 4.78 is 5.25. The highest BCUT2D eigenvalue weighted by Gasteiger charge is 2.29. The Labute approximate surface area is 123 Å². The van der Waals surface area contributed by atoms with Crippen LogP contribution in [0.25, 0.3) is 0 Å². The zero-order valence-corrected chi connectivity index (χ0v) is 12.0. The maximum atomic E-state index is 11.5. The molecule has 2 aromatic rings. The molecule has 1 aliphatic heterocycles. The fourth-order valence-corrected chi connectivity index (χ4v) is 2.95. The van der Waals surface area contributed by atoms with E-state index < -0.39 is 5.97 Å². The van der Waals surface area contributed by atoms with Crippen LogP contribution in [-0.4, -0.2) is 24.2 Å². The molecule has 0 radical (unpaired) electrons. The molecule has 0 saturated carbocycles. The summed E-state index contributed by atoms with van der Waals surface area (Å²) in [6.07, 6.45) is 0.909. The van der Waals surface area contributed by atoms with E-state index >= 15 is 0 Å². The van der Waals surface area contributed by atoms with Gasteiger partial charge < -0.3 is 14.7 Å². The Balaban J connectivity index is 2.17. The molecule has 0 spiro atoms. The number of fused-ring (bicyclic) bond motifs is 1. The van der Waals surface area contributed by atoms with Crippen molar-refractivity contribution in [3.05, 3.63) is 53.6 Å². The van der Waals surface area contributed by atoms with Gasteiger partial charge in [0.15, 0.2) is 0 Å². The molecule has 4 heteroatoms. The Morgan fingerprint density at radius 3 is 2.71 bits per heavy atom. The molecule has 4 nitrogen and oxygen atoms in total. The van der Waals surface area contributed by atoms with Gasteiger partial charge in [-0.1, -0.05) is 18.2 Å². The lowest BCUT2D eigenvalue weighted by molar-refractivity contribution is 0.0697. The van der Waals surface area contributed by atoms with Gasteiger partial charge >= 0.3 is 5.97 Å². The van der Waals surface area contributed by atoms with Crippen LogP contribution in [0.15, 0.2) is 42.5 Å². The van der Waals surface area contributed by atoms with Crippen LogP contribution < -0.4 is 9.64 Å². The molecule has 3 rings (SSSR count). The molecule has 1 heterocycles. The van der Waals surface area contributed by atoms with Crippen LogP contribution in [0, 0.1) is 0 Å². The van der Waals surface area contributed by atoms with Crippen molar-refractivity contribution in [1.29, 1.82) is 0 Å². The molecule has 1 aliphatic rings. The number of carboxylic acid groups (broad SMARTS) is 1. The van der Waals surface area contributed by atoms with Crippen molar-refractivity contribution in [2.45, 2.75) is 19.4 Å². The molecule has 1 unspecified atom stereocenters. The Morgan fingerprint density at radius 1 is 1.24 bits per heavy atom. The second-order valence-electron chi connectivity index (χ2n) is 5.24. The van der Waals surface area contributed by atoms with Crippen LogP contribution in [0.2, 0.25) is 0 Å². The van der Waals surface area contributed by atoms with E-state index in [1.54, 1.807) is 25.3 Å². The van der Waals surface area contributed by atoms with Crippen LogP contribution in [0.1, 0.15) is 22.8 Å². The van der Waals surface area contributed by atoms with E-state index in [1.165, 1.54) is 5.56 Å². The molecule has 108 valence electrons. The second kappa shape index (κ2) is 5.13. The lowest BCUT2D eigenvalue weighted by Crippen LogP contribution is -2.25. The second-order valence-corrected chi connectivity index (χ2v) is 5.24. The van der Waals surface area contributed by atoms with Crippen molar-refractivity contribution in [2.75, 3.05) is 12.0 Å². The fraction of sp³-hybridized carbons (Fsp3) is 0.235. The van der Waals surface area contributed by atoms with Crippen molar-refractivity contribution >= 4 is 17.3 Å². The highest BCUT2D eigenvalue weighted by Crippen LogP contribution is 2.40. The van der Waals surface area contributed by atoms with Crippen LogP contribution in [0.4, 0.5) is 11.4 Å². The van der Waals surface area contributed by atoms with Gasteiger partial charge in [-0.2, -0.15) is 0 Å². The first-order chi connectivity index (χ1) is 10.1. The number of ether oxygens (including phenoxy) is 1. The minimum absolute atomic E-state index is 0.215. The van der Waals surface area contributed by atoms with Gasteiger partial charge in [0.25, 0.3) is 0 Å². The van der Waals surface area contributed by atoms with Crippen LogP contribution in [0.3, 0.4) is 0 Å². The largest absolute Gasteiger partial charge is 0.497 e. The zero-order valence-electron chi connectivity index (χ0n) is 12.0. The fourth-order valence-electron chi connectivity index (χ4n) is 2.95. The van der Waals surface area contributed by atoms with E-state index in [4.69, 9.17) is 4.74 Å². The molecule has 0 amide bonds. The number of anilines is 2. The summed E-state index contributed by atoms with van der Waals surface area (Å²) in [5.41, 5.74) is 3.28. The van der Waals surface area contributed by atoms with E-state index in [1.807, 2.05) is 18.2 Å². The van der Waals surface area contributed by atoms with E-state index in [9.17, 15) is 9.90 Å².